The summed E-state index contributed by atoms with van der Waals surface area (Å²) in [4.78, 5) is 29.1. The number of hydrogen-bond acceptors (Lipinski definition) is 4. The van der Waals surface area contributed by atoms with Gasteiger partial charge in [0.15, 0.2) is 5.11 Å². The zero-order valence-electron chi connectivity index (χ0n) is 20.2. The van der Waals surface area contributed by atoms with Crippen LogP contribution in [0.5, 0.6) is 5.75 Å². The van der Waals surface area contributed by atoms with Crippen LogP contribution < -0.4 is 15.0 Å². The van der Waals surface area contributed by atoms with Crippen molar-refractivity contribution in [2.45, 2.75) is 25.1 Å². The Morgan fingerprint density at radius 3 is 2.39 bits per heavy atom. The van der Waals surface area contributed by atoms with Crippen molar-refractivity contribution in [1.29, 1.82) is 0 Å². The van der Waals surface area contributed by atoms with Crippen LogP contribution in [0.3, 0.4) is 0 Å². The Kier molecular flexibility index (Phi) is 8.37. The van der Waals surface area contributed by atoms with Crippen LogP contribution in [0.2, 0.25) is 0 Å². The van der Waals surface area contributed by atoms with Crippen LogP contribution in [0.1, 0.15) is 17.5 Å². The van der Waals surface area contributed by atoms with Gasteiger partial charge >= 0.3 is 6.18 Å². The van der Waals surface area contributed by atoms with E-state index in [4.69, 9.17) is 17.0 Å². The van der Waals surface area contributed by atoms with E-state index in [0.717, 1.165) is 27.1 Å². The molecule has 1 atom stereocenters. The maximum absolute atomic E-state index is 13.5. The van der Waals surface area contributed by atoms with Gasteiger partial charge in [-0.15, -0.1) is 0 Å². The van der Waals surface area contributed by atoms with E-state index in [1.807, 2.05) is 12.1 Å². The van der Waals surface area contributed by atoms with E-state index in [2.05, 4.69) is 21.2 Å². The van der Waals surface area contributed by atoms with Gasteiger partial charge in [-0.2, -0.15) is 13.2 Å². The Bertz CT molecular complexity index is 1330. The molecule has 1 saturated heterocycles. The molecule has 3 aromatic rings. The predicted molar refractivity (Wildman–Crippen MR) is 146 cm³/mol. The smallest absolute Gasteiger partial charge is 0.416 e. The maximum Gasteiger partial charge on any atom is 0.416 e. The second kappa shape index (κ2) is 11.5. The van der Waals surface area contributed by atoms with Crippen molar-refractivity contribution in [3.63, 3.8) is 0 Å². The van der Waals surface area contributed by atoms with Crippen molar-refractivity contribution in [3.05, 3.63) is 88.4 Å². The summed E-state index contributed by atoms with van der Waals surface area (Å²) in [6.45, 7) is 0.280. The molecular weight excluding hydrogens is 583 g/mol. The monoisotopic (exact) mass is 605 g/mol. The molecule has 0 aromatic heterocycles. The van der Waals surface area contributed by atoms with Gasteiger partial charge in [-0.1, -0.05) is 34.1 Å². The quantitative estimate of drug-likeness (QED) is 0.317. The lowest BCUT2D eigenvalue weighted by Gasteiger charge is -2.24. The van der Waals surface area contributed by atoms with E-state index in [-0.39, 0.29) is 23.8 Å². The number of amides is 2. The normalized spacial score (nSPS) is 15.7. The number of alkyl halides is 3. The molecule has 38 heavy (non-hydrogen) atoms. The van der Waals surface area contributed by atoms with Gasteiger partial charge in [-0.25, -0.2) is 0 Å². The topological polar surface area (TPSA) is 61.9 Å². The summed E-state index contributed by atoms with van der Waals surface area (Å²) in [5, 5.41) is 2.80. The molecule has 3 aromatic carbocycles. The Morgan fingerprint density at radius 2 is 1.76 bits per heavy atom. The van der Waals surface area contributed by atoms with Gasteiger partial charge in [0.2, 0.25) is 5.91 Å². The fourth-order valence-corrected chi connectivity index (χ4v) is 4.79. The van der Waals surface area contributed by atoms with Gasteiger partial charge in [0.05, 0.1) is 24.8 Å². The Morgan fingerprint density at radius 1 is 1.08 bits per heavy atom. The van der Waals surface area contributed by atoms with Crippen LogP contribution in [0.15, 0.2) is 77.3 Å². The molecule has 1 aliphatic heterocycles. The van der Waals surface area contributed by atoms with E-state index in [0.29, 0.717) is 17.9 Å². The lowest BCUT2D eigenvalue weighted by Crippen LogP contribution is -2.39. The number of rotatable bonds is 8. The standard InChI is InChI=1S/C27H23BrF3N3O3S/c1-37-22-11-5-17(6-12-22)13-14-33-23(16-24(35)32-20-9-7-19(28)8-10-20)25(36)34(26(33)38)21-4-2-3-18(15-21)27(29,30)31/h2-12,15,23H,13-14,16H2,1H3,(H,32,35). The minimum Gasteiger partial charge on any atom is -0.497 e. The number of carbonyl (C=O) groups is 2. The summed E-state index contributed by atoms with van der Waals surface area (Å²) in [7, 11) is 1.57. The third-order valence-electron chi connectivity index (χ3n) is 6.06. The van der Waals surface area contributed by atoms with Crippen molar-refractivity contribution in [2.75, 3.05) is 23.9 Å². The molecule has 1 heterocycles. The zero-order valence-corrected chi connectivity index (χ0v) is 22.6. The number of ether oxygens (including phenoxy) is 1. The Hall–Kier alpha value is -3.44. The van der Waals surface area contributed by atoms with Crippen LogP contribution in [0, 0.1) is 0 Å². The van der Waals surface area contributed by atoms with E-state index in [9.17, 15) is 22.8 Å². The first-order valence-corrected chi connectivity index (χ1v) is 12.8. The Labute approximate surface area is 231 Å². The molecular formula is C27H23BrF3N3O3S. The summed E-state index contributed by atoms with van der Waals surface area (Å²) in [6, 6.07) is 17.8. The Balaban J connectivity index is 1.59. The first-order chi connectivity index (χ1) is 18.1. The number of hydrogen-bond donors (Lipinski definition) is 1. The van der Waals surface area contributed by atoms with Gasteiger partial charge in [0.25, 0.3) is 5.91 Å². The summed E-state index contributed by atoms with van der Waals surface area (Å²) < 4.78 is 46.1. The average Bonchev–Trinajstić information content (AvgIpc) is 3.12. The molecule has 1 N–H and O–H groups in total. The lowest BCUT2D eigenvalue weighted by atomic mass is 10.1. The highest BCUT2D eigenvalue weighted by Gasteiger charge is 2.44. The molecule has 1 fully saturated rings. The second-order valence-electron chi connectivity index (χ2n) is 8.57. The van der Waals surface area contributed by atoms with Crippen molar-refractivity contribution in [2.24, 2.45) is 0 Å². The molecule has 11 heteroatoms. The van der Waals surface area contributed by atoms with Crippen LogP contribution in [0.25, 0.3) is 0 Å². The van der Waals surface area contributed by atoms with Crippen molar-refractivity contribution < 1.29 is 27.5 Å². The third kappa shape index (κ3) is 6.33. The van der Waals surface area contributed by atoms with E-state index >= 15 is 0 Å². The minimum atomic E-state index is -4.58. The molecule has 6 nitrogen and oxygen atoms in total. The zero-order chi connectivity index (χ0) is 27.4. The number of carbonyl (C=O) groups excluding carboxylic acids is 2. The SMILES string of the molecule is COc1ccc(CCN2C(=S)N(c3cccc(C(F)(F)F)c3)C(=O)C2CC(=O)Nc2ccc(Br)cc2)cc1. The van der Waals surface area contributed by atoms with Crippen LogP contribution in [0.4, 0.5) is 24.5 Å². The first kappa shape index (κ1) is 27.6. The summed E-state index contributed by atoms with van der Waals surface area (Å²) in [5.74, 6) is -0.289. The fraction of sp³-hybridized carbons (Fsp3) is 0.222. The van der Waals surface area contributed by atoms with Crippen LogP contribution >= 0.6 is 28.1 Å². The number of benzene rings is 3. The highest BCUT2D eigenvalue weighted by molar-refractivity contribution is 9.10. The number of thiocarbonyl (C=S) groups is 1. The highest BCUT2D eigenvalue weighted by atomic mass is 79.9. The molecule has 198 valence electrons. The molecule has 1 aliphatic rings. The summed E-state index contributed by atoms with van der Waals surface area (Å²) in [6.07, 6.45) is -4.33. The van der Waals surface area contributed by atoms with Crippen molar-refractivity contribution in [3.8, 4) is 5.75 Å². The average molecular weight is 606 g/mol. The molecule has 0 bridgehead atoms. The van der Waals surface area contributed by atoms with Crippen LogP contribution in [-0.2, 0) is 22.2 Å². The molecule has 1 unspecified atom stereocenters. The van der Waals surface area contributed by atoms with Crippen molar-refractivity contribution >= 4 is 56.4 Å². The first-order valence-electron chi connectivity index (χ1n) is 11.6. The number of nitrogens with one attached hydrogen (secondary N) is 1. The van der Waals surface area contributed by atoms with E-state index in [1.54, 1.807) is 48.4 Å². The van der Waals surface area contributed by atoms with Crippen LogP contribution in [-0.4, -0.2) is 41.5 Å². The van der Waals surface area contributed by atoms with E-state index in [1.165, 1.54) is 12.1 Å². The number of methoxy groups -OCH3 is 1. The third-order valence-corrected chi connectivity index (χ3v) is 7.00. The molecule has 0 radical (unpaired) electrons. The van der Waals surface area contributed by atoms with Crippen molar-refractivity contribution in [1.82, 2.24) is 4.90 Å². The number of anilines is 2. The van der Waals surface area contributed by atoms with Gasteiger partial charge in [0.1, 0.15) is 11.8 Å². The molecule has 0 aliphatic carbocycles. The second-order valence-corrected chi connectivity index (χ2v) is 9.85. The maximum atomic E-state index is 13.5. The molecule has 0 saturated carbocycles. The number of nitrogens with zero attached hydrogens (tertiary/aromatic N) is 2. The number of halogens is 4. The minimum absolute atomic E-state index is 0.0000835. The van der Waals surface area contributed by atoms with Gasteiger partial charge in [0, 0.05) is 16.7 Å². The highest BCUT2D eigenvalue weighted by Crippen LogP contribution is 2.34. The summed E-state index contributed by atoms with van der Waals surface area (Å²) >= 11 is 8.91. The molecule has 2 amide bonds. The lowest BCUT2D eigenvalue weighted by molar-refractivity contribution is -0.137. The molecule has 0 spiro atoms. The van der Waals surface area contributed by atoms with Gasteiger partial charge < -0.3 is 15.0 Å². The van der Waals surface area contributed by atoms with E-state index < -0.39 is 29.6 Å². The largest absolute Gasteiger partial charge is 0.497 e. The van der Waals surface area contributed by atoms with Gasteiger partial charge in [-0.3, -0.25) is 14.5 Å². The fourth-order valence-electron chi connectivity index (χ4n) is 4.11. The predicted octanol–water partition coefficient (Wildman–Crippen LogP) is 6.05. The molecule has 4 rings (SSSR count). The van der Waals surface area contributed by atoms with Gasteiger partial charge in [-0.05, 0) is 78.8 Å². The summed E-state index contributed by atoms with van der Waals surface area (Å²) in [5.41, 5.74) is 0.592.